The van der Waals surface area contributed by atoms with E-state index in [0.717, 1.165) is 0 Å². The number of nitrogens with zero attached hydrogens (tertiary/aromatic N) is 1. The molecular weight excluding hydrogens is 344 g/mol. The number of benzene rings is 1. The fraction of sp³-hybridized carbons (Fsp3) is 0.0833. The highest BCUT2D eigenvalue weighted by Gasteiger charge is 2.39. The van der Waals surface area contributed by atoms with Gasteiger partial charge in [0.15, 0.2) is 0 Å². The minimum Gasteiger partial charge on any atom is -0.348 e. The van der Waals surface area contributed by atoms with Gasteiger partial charge in [0.1, 0.15) is 16.2 Å². The van der Waals surface area contributed by atoms with Crippen molar-refractivity contribution in [3.05, 3.63) is 45.0 Å². The zero-order valence-corrected chi connectivity index (χ0v) is 11.5. The predicted octanol–water partition coefficient (Wildman–Crippen LogP) is 4.99. The van der Waals surface area contributed by atoms with Crippen molar-refractivity contribution in [2.75, 3.05) is 0 Å². The summed E-state index contributed by atoms with van der Waals surface area (Å²) in [5.41, 5.74) is -1.30. The van der Waals surface area contributed by atoms with Gasteiger partial charge in [-0.3, -0.25) is 0 Å². The zero-order valence-electron chi connectivity index (χ0n) is 9.15. The summed E-state index contributed by atoms with van der Waals surface area (Å²) in [6.07, 6.45) is -4.62. The van der Waals surface area contributed by atoms with Crippen molar-refractivity contribution in [3.63, 3.8) is 0 Å². The molecule has 2 rings (SSSR count). The highest BCUT2D eigenvalue weighted by molar-refractivity contribution is 9.10. The molecule has 0 unspecified atom stereocenters. The minimum absolute atomic E-state index is 0.00674. The number of nitrogens with one attached hydrogen (secondary N) is 1. The van der Waals surface area contributed by atoms with Crippen molar-refractivity contribution in [1.82, 2.24) is 4.98 Å². The molecule has 0 spiro atoms. The van der Waals surface area contributed by atoms with E-state index in [1.54, 1.807) is 6.07 Å². The molecule has 1 aromatic heterocycles. The van der Waals surface area contributed by atoms with E-state index in [0.29, 0.717) is 10.6 Å². The van der Waals surface area contributed by atoms with Crippen LogP contribution in [0.4, 0.5) is 13.2 Å². The minimum atomic E-state index is -4.62. The van der Waals surface area contributed by atoms with Gasteiger partial charge in [-0.2, -0.15) is 18.4 Å². The molecule has 0 saturated heterocycles. The molecule has 19 heavy (non-hydrogen) atoms. The normalized spacial score (nSPS) is 11.4. The Hall–Kier alpha value is -1.45. The summed E-state index contributed by atoms with van der Waals surface area (Å²) in [5, 5.41) is 9.27. The second-order valence-electron chi connectivity index (χ2n) is 3.68. The Balaban J connectivity index is 2.71. The van der Waals surface area contributed by atoms with Gasteiger partial charge in [0.05, 0.1) is 11.3 Å². The van der Waals surface area contributed by atoms with Crippen LogP contribution < -0.4 is 0 Å². The predicted molar refractivity (Wildman–Crippen MR) is 68.7 cm³/mol. The molecule has 0 aliphatic heterocycles. The van der Waals surface area contributed by atoms with E-state index in [1.165, 1.54) is 24.3 Å². The van der Waals surface area contributed by atoms with Crippen molar-refractivity contribution >= 4 is 27.5 Å². The van der Waals surface area contributed by atoms with Crippen molar-refractivity contribution < 1.29 is 13.2 Å². The van der Waals surface area contributed by atoms with Gasteiger partial charge in [-0.15, -0.1) is 0 Å². The van der Waals surface area contributed by atoms with Gasteiger partial charge in [-0.1, -0.05) is 23.7 Å². The molecule has 98 valence electrons. The molecule has 0 fully saturated rings. The molecule has 0 amide bonds. The second-order valence-corrected chi connectivity index (χ2v) is 4.91. The monoisotopic (exact) mass is 348 g/mol. The maximum Gasteiger partial charge on any atom is 0.419 e. The summed E-state index contributed by atoms with van der Waals surface area (Å²) >= 11 is 8.63. The molecule has 2 aromatic rings. The van der Waals surface area contributed by atoms with Gasteiger partial charge < -0.3 is 4.98 Å². The summed E-state index contributed by atoms with van der Waals surface area (Å²) in [6.45, 7) is 0. The van der Waals surface area contributed by atoms with Gasteiger partial charge in [-0.25, -0.2) is 0 Å². The first kappa shape index (κ1) is 14.0. The number of hydrogen-bond donors (Lipinski definition) is 1. The zero-order chi connectivity index (χ0) is 14.2. The molecule has 0 aliphatic rings. The quantitative estimate of drug-likeness (QED) is 0.774. The number of H-pyrrole nitrogens is 1. The maximum absolute atomic E-state index is 13.1. The van der Waals surface area contributed by atoms with Gasteiger partial charge in [0.2, 0.25) is 0 Å². The van der Waals surface area contributed by atoms with Gasteiger partial charge in [-0.05, 0) is 33.6 Å². The Kier molecular flexibility index (Phi) is 3.61. The molecule has 2 nitrogen and oxygen atoms in total. The molecule has 1 heterocycles. The lowest BCUT2D eigenvalue weighted by molar-refractivity contribution is -0.137. The van der Waals surface area contributed by atoms with Crippen LogP contribution in [0, 0.1) is 11.3 Å². The van der Waals surface area contributed by atoms with Crippen molar-refractivity contribution in [2.45, 2.75) is 6.18 Å². The number of nitriles is 1. The first-order valence-electron chi connectivity index (χ1n) is 4.99. The molecule has 0 atom stereocenters. The van der Waals surface area contributed by atoms with Gasteiger partial charge in [0, 0.05) is 5.02 Å². The number of alkyl halides is 3. The topological polar surface area (TPSA) is 39.6 Å². The molecule has 1 N–H and O–H groups in total. The molecular formula is C12H5BrClF3N2. The molecule has 0 bridgehead atoms. The Bertz CT molecular complexity index is 653. The SMILES string of the molecule is N#Cc1c(Br)[nH]c(-c2ccc(Cl)cc2)c1C(F)(F)F. The molecule has 1 aromatic carbocycles. The van der Waals surface area contributed by atoms with Crippen LogP contribution in [-0.4, -0.2) is 4.98 Å². The number of halogens is 5. The van der Waals surface area contributed by atoms with Crippen molar-refractivity contribution in [2.24, 2.45) is 0 Å². The van der Waals surface area contributed by atoms with E-state index in [-0.39, 0.29) is 10.3 Å². The highest BCUT2D eigenvalue weighted by atomic mass is 79.9. The summed E-state index contributed by atoms with van der Waals surface area (Å²) in [7, 11) is 0. The first-order valence-corrected chi connectivity index (χ1v) is 6.16. The lowest BCUT2D eigenvalue weighted by Crippen LogP contribution is -2.07. The third-order valence-electron chi connectivity index (χ3n) is 2.48. The van der Waals surface area contributed by atoms with Gasteiger partial charge >= 0.3 is 6.18 Å². The maximum atomic E-state index is 13.1. The van der Waals surface area contributed by atoms with E-state index in [4.69, 9.17) is 16.9 Å². The first-order chi connectivity index (χ1) is 8.84. The lowest BCUT2D eigenvalue weighted by Gasteiger charge is -2.08. The molecule has 0 saturated carbocycles. The third-order valence-corrected chi connectivity index (χ3v) is 3.33. The van der Waals surface area contributed by atoms with E-state index in [2.05, 4.69) is 20.9 Å². The third kappa shape index (κ3) is 2.62. The van der Waals surface area contributed by atoms with Crippen molar-refractivity contribution in [1.29, 1.82) is 5.26 Å². The summed E-state index contributed by atoms with van der Waals surface area (Å²) < 4.78 is 39.2. The Morgan fingerprint density at radius 2 is 1.79 bits per heavy atom. The summed E-state index contributed by atoms with van der Waals surface area (Å²) in [5.74, 6) is 0. The molecule has 7 heteroatoms. The average Bonchev–Trinajstić information content (AvgIpc) is 2.66. The van der Waals surface area contributed by atoms with Crippen LogP contribution in [0.3, 0.4) is 0 Å². The van der Waals surface area contributed by atoms with Crippen LogP contribution in [0.5, 0.6) is 0 Å². The highest BCUT2D eigenvalue weighted by Crippen LogP contribution is 2.41. The fourth-order valence-corrected chi connectivity index (χ4v) is 2.30. The van der Waals surface area contributed by atoms with Crippen LogP contribution in [0.15, 0.2) is 28.9 Å². The van der Waals surface area contributed by atoms with E-state index in [9.17, 15) is 13.2 Å². The largest absolute Gasteiger partial charge is 0.419 e. The standard InChI is InChI=1S/C12H5BrClF3N2/c13-11-8(5-18)9(12(15,16)17)10(19-11)6-1-3-7(14)4-2-6/h1-4,19H. The Labute approximate surface area is 119 Å². The van der Waals surface area contributed by atoms with Crippen LogP contribution >= 0.6 is 27.5 Å². The average molecular weight is 350 g/mol. The number of aromatic nitrogens is 1. The Morgan fingerprint density at radius 3 is 2.26 bits per heavy atom. The van der Waals surface area contributed by atoms with Crippen LogP contribution in [-0.2, 0) is 6.18 Å². The van der Waals surface area contributed by atoms with Gasteiger partial charge in [0.25, 0.3) is 0 Å². The van der Waals surface area contributed by atoms with E-state index in [1.807, 2.05) is 0 Å². The number of rotatable bonds is 1. The van der Waals surface area contributed by atoms with E-state index >= 15 is 0 Å². The second kappa shape index (κ2) is 4.91. The summed E-state index contributed by atoms with van der Waals surface area (Å²) in [4.78, 5) is 2.54. The van der Waals surface area contributed by atoms with Crippen molar-refractivity contribution in [3.8, 4) is 17.3 Å². The lowest BCUT2D eigenvalue weighted by atomic mass is 10.1. The molecule has 0 aliphatic carbocycles. The number of hydrogen-bond acceptors (Lipinski definition) is 1. The summed E-state index contributed by atoms with van der Waals surface area (Å²) in [6, 6.07) is 7.43. The smallest absolute Gasteiger partial charge is 0.348 e. The molecule has 0 radical (unpaired) electrons. The Morgan fingerprint density at radius 1 is 1.21 bits per heavy atom. The number of aromatic amines is 1. The van der Waals surface area contributed by atoms with Crippen LogP contribution in [0.25, 0.3) is 11.3 Å². The fourth-order valence-electron chi connectivity index (χ4n) is 1.69. The van der Waals surface area contributed by atoms with E-state index < -0.39 is 17.3 Å². The van der Waals surface area contributed by atoms with Crippen LogP contribution in [0.2, 0.25) is 5.02 Å². The van der Waals surface area contributed by atoms with Crippen LogP contribution in [0.1, 0.15) is 11.1 Å².